The van der Waals surface area contributed by atoms with Gasteiger partial charge in [0.15, 0.2) is 0 Å². The summed E-state index contributed by atoms with van der Waals surface area (Å²) in [6.07, 6.45) is 2.07. The van der Waals surface area contributed by atoms with Crippen LogP contribution in [0.5, 0.6) is 0 Å². The van der Waals surface area contributed by atoms with E-state index in [1.165, 1.54) is 12.3 Å². The molecule has 2 N–H and O–H groups in total. The Labute approximate surface area is 107 Å². The van der Waals surface area contributed by atoms with E-state index in [1.807, 2.05) is 6.92 Å². The van der Waals surface area contributed by atoms with Crippen molar-refractivity contribution in [2.24, 2.45) is 0 Å². The highest BCUT2D eigenvalue weighted by molar-refractivity contribution is 7.89. The lowest BCUT2D eigenvalue weighted by Gasteiger charge is -2.12. The maximum atomic E-state index is 12.1. The molecular formula is C11H18N2O4S. The number of nitrogens with one attached hydrogen (secondary N) is 2. The minimum Gasteiger partial charge on any atom is -0.461 e. The van der Waals surface area contributed by atoms with Crippen LogP contribution in [0.15, 0.2) is 17.2 Å². The molecule has 0 aliphatic heterocycles. The third-order valence-electron chi connectivity index (χ3n) is 2.45. The number of aromatic amines is 1. The summed E-state index contributed by atoms with van der Waals surface area (Å²) in [5.74, 6) is -0.674. The SMILES string of the molecule is CCOC(=O)c1[nH]ccc1S(=O)(=O)N[C@H](C)CC. The highest BCUT2D eigenvalue weighted by Gasteiger charge is 2.25. The molecule has 0 saturated heterocycles. The van der Waals surface area contributed by atoms with E-state index < -0.39 is 16.0 Å². The third-order valence-corrected chi connectivity index (χ3v) is 4.08. The van der Waals surface area contributed by atoms with Gasteiger partial charge in [-0.05, 0) is 26.3 Å². The summed E-state index contributed by atoms with van der Waals surface area (Å²) in [7, 11) is -3.70. The molecule has 18 heavy (non-hydrogen) atoms. The van der Waals surface area contributed by atoms with Crippen molar-refractivity contribution in [2.45, 2.75) is 38.1 Å². The number of rotatable bonds is 6. The van der Waals surface area contributed by atoms with E-state index in [4.69, 9.17) is 4.74 Å². The molecule has 1 rings (SSSR count). The van der Waals surface area contributed by atoms with Gasteiger partial charge in [-0.1, -0.05) is 6.92 Å². The number of sulfonamides is 1. The number of hydrogen-bond donors (Lipinski definition) is 2. The molecule has 102 valence electrons. The Hall–Kier alpha value is -1.34. The summed E-state index contributed by atoms with van der Waals surface area (Å²) in [4.78, 5) is 14.1. The number of ether oxygens (including phenoxy) is 1. The molecule has 7 heteroatoms. The van der Waals surface area contributed by atoms with Gasteiger partial charge in [-0.15, -0.1) is 0 Å². The summed E-state index contributed by atoms with van der Waals surface area (Å²) in [6, 6.07) is 1.15. The molecule has 6 nitrogen and oxygen atoms in total. The molecule has 1 aromatic heterocycles. The van der Waals surface area contributed by atoms with Crippen LogP contribution in [0.3, 0.4) is 0 Å². The number of esters is 1. The molecule has 0 unspecified atom stereocenters. The first-order chi connectivity index (χ1) is 8.42. The first kappa shape index (κ1) is 14.7. The fourth-order valence-electron chi connectivity index (χ4n) is 1.35. The Morgan fingerprint density at radius 2 is 2.17 bits per heavy atom. The number of hydrogen-bond acceptors (Lipinski definition) is 4. The summed E-state index contributed by atoms with van der Waals surface area (Å²) < 4.78 is 31.4. The lowest BCUT2D eigenvalue weighted by molar-refractivity contribution is 0.0515. The molecule has 1 heterocycles. The first-order valence-electron chi connectivity index (χ1n) is 5.79. The summed E-state index contributed by atoms with van der Waals surface area (Å²) in [5, 5.41) is 0. The van der Waals surface area contributed by atoms with Crippen LogP contribution >= 0.6 is 0 Å². The molecule has 0 aliphatic carbocycles. The van der Waals surface area contributed by atoms with Gasteiger partial charge in [-0.25, -0.2) is 17.9 Å². The summed E-state index contributed by atoms with van der Waals surface area (Å²) in [6.45, 7) is 5.48. The van der Waals surface area contributed by atoms with Gasteiger partial charge in [-0.2, -0.15) is 0 Å². The number of aromatic nitrogens is 1. The Morgan fingerprint density at radius 1 is 1.50 bits per heavy atom. The van der Waals surface area contributed by atoms with Crippen molar-refractivity contribution in [1.82, 2.24) is 9.71 Å². The van der Waals surface area contributed by atoms with Crippen molar-refractivity contribution in [2.75, 3.05) is 6.61 Å². The highest BCUT2D eigenvalue weighted by atomic mass is 32.2. The topological polar surface area (TPSA) is 88.3 Å². The molecule has 1 atom stereocenters. The quantitative estimate of drug-likeness (QED) is 0.765. The first-order valence-corrected chi connectivity index (χ1v) is 7.27. The van der Waals surface area contributed by atoms with Crippen LogP contribution in [0.1, 0.15) is 37.7 Å². The zero-order valence-corrected chi connectivity index (χ0v) is 11.5. The molecular weight excluding hydrogens is 256 g/mol. The number of carbonyl (C=O) groups is 1. The van der Waals surface area contributed by atoms with E-state index >= 15 is 0 Å². The Bertz CT molecular complexity index is 507. The molecule has 0 amide bonds. The molecule has 0 aromatic carbocycles. The molecule has 0 aliphatic rings. The van der Waals surface area contributed by atoms with Gasteiger partial charge in [0.1, 0.15) is 10.6 Å². The van der Waals surface area contributed by atoms with Crippen LogP contribution in [0.25, 0.3) is 0 Å². The maximum absolute atomic E-state index is 12.1. The second-order valence-electron chi connectivity index (χ2n) is 3.87. The smallest absolute Gasteiger partial charge is 0.356 e. The minimum absolute atomic E-state index is 0.0485. The van der Waals surface area contributed by atoms with Crippen LogP contribution in [-0.2, 0) is 14.8 Å². The Morgan fingerprint density at radius 3 is 2.72 bits per heavy atom. The van der Waals surface area contributed by atoms with E-state index in [-0.39, 0.29) is 23.2 Å². The molecule has 0 spiro atoms. The fraction of sp³-hybridized carbons (Fsp3) is 0.545. The maximum Gasteiger partial charge on any atom is 0.356 e. The average Bonchev–Trinajstić information content (AvgIpc) is 2.78. The van der Waals surface area contributed by atoms with Crippen molar-refractivity contribution in [3.05, 3.63) is 18.0 Å². The van der Waals surface area contributed by atoms with Crippen LogP contribution in [-0.4, -0.2) is 32.0 Å². The number of H-pyrrole nitrogens is 1. The van der Waals surface area contributed by atoms with Gasteiger partial charge in [-0.3, -0.25) is 0 Å². The predicted octanol–water partition coefficient (Wildman–Crippen LogP) is 1.27. The van der Waals surface area contributed by atoms with Gasteiger partial charge in [0.2, 0.25) is 10.0 Å². The summed E-state index contributed by atoms with van der Waals surface area (Å²) in [5.41, 5.74) is -0.0485. The lowest BCUT2D eigenvalue weighted by Crippen LogP contribution is -2.32. The predicted molar refractivity (Wildman–Crippen MR) is 66.8 cm³/mol. The lowest BCUT2D eigenvalue weighted by atomic mass is 10.3. The second kappa shape index (κ2) is 6.01. The zero-order valence-electron chi connectivity index (χ0n) is 10.7. The molecule has 0 radical (unpaired) electrons. The van der Waals surface area contributed by atoms with Crippen LogP contribution in [0.4, 0.5) is 0 Å². The molecule has 1 aromatic rings. The zero-order chi connectivity index (χ0) is 13.8. The van der Waals surface area contributed by atoms with Gasteiger partial charge >= 0.3 is 5.97 Å². The van der Waals surface area contributed by atoms with E-state index in [0.29, 0.717) is 6.42 Å². The van der Waals surface area contributed by atoms with Crippen molar-refractivity contribution in [3.8, 4) is 0 Å². The summed E-state index contributed by atoms with van der Waals surface area (Å²) >= 11 is 0. The van der Waals surface area contributed by atoms with Gasteiger partial charge < -0.3 is 9.72 Å². The van der Waals surface area contributed by atoms with Crippen molar-refractivity contribution in [3.63, 3.8) is 0 Å². The van der Waals surface area contributed by atoms with Crippen molar-refractivity contribution < 1.29 is 17.9 Å². The van der Waals surface area contributed by atoms with Crippen LogP contribution in [0.2, 0.25) is 0 Å². The van der Waals surface area contributed by atoms with Gasteiger partial charge in [0.05, 0.1) is 6.61 Å². The normalized spacial score (nSPS) is 13.3. The fourth-order valence-corrected chi connectivity index (χ4v) is 2.84. The Balaban J connectivity index is 3.03. The Kier molecular flexibility index (Phi) is 4.92. The highest BCUT2D eigenvalue weighted by Crippen LogP contribution is 2.15. The van der Waals surface area contributed by atoms with E-state index in [2.05, 4.69) is 9.71 Å². The average molecular weight is 274 g/mol. The van der Waals surface area contributed by atoms with E-state index in [0.717, 1.165) is 0 Å². The molecule has 0 bridgehead atoms. The van der Waals surface area contributed by atoms with Gasteiger partial charge in [0.25, 0.3) is 0 Å². The van der Waals surface area contributed by atoms with E-state index in [9.17, 15) is 13.2 Å². The molecule has 0 fully saturated rings. The number of carbonyl (C=O) groups excluding carboxylic acids is 1. The molecule has 0 saturated carbocycles. The minimum atomic E-state index is -3.70. The van der Waals surface area contributed by atoms with Crippen LogP contribution in [0, 0.1) is 0 Å². The monoisotopic (exact) mass is 274 g/mol. The standard InChI is InChI=1S/C11H18N2O4S/c1-4-8(3)13-18(15,16)9-6-7-12-10(9)11(14)17-5-2/h6-8,12-13H,4-5H2,1-3H3/t8-/m1/s1. The second-order valence-corrected chi connectivity index (χ2v) is 5.55. The van der Waals surface area contributed by atoms with E-state index in [1.54, 1.807) is 13.8 Å². The van der Waals surface area contributed by atoms with Crippen molar-refractivity contribution >= 4 is 16.0 Å². The largest absolute Gasteiger partial charge is 0.461 e. The van der Waals surface area contributed by atoms with Gasteiger partial charge in [0, 0.05) is 12.2 Å². The van der Waals surface area contributed by atoms with Crippen LogP contribution < -0.4 is 4.72 Å². The van der Waals surface area contributed by atoms with Crippen molar-refractivity contribution in [1.29, 1.82) is 0 Å². The third kappa shape index (κ3) is 3.33.